The number of aryl methyl sites for hydroxylation is 1. The highest BCUT2D eigenvalue weighted by Crippen LogP contribution is 2.27. The molecule has 0 aliphatic rings. The summed E-state index contributed by atoms with van der Waals surface area (Å²) in [6.07, 6.45) is 0. The first-order valence-corrected chi connectivity index (χ1v) is 6.61. The normalized spacial score (nSPS) is 12.0. The number of hydrogen-bond acceptors (Lipinski definition) is 3. The molecule has 2 aromatic rings. The molecule has 1 amide bonds. The molecule has 0 aliphatic heterocycles. The molecule has 1 unspecified atom stereocenters. The molecular formula is C16H18FN3O. The van der Waals surface area contributed by atoms with E-state index in [1.54, 1.807) is 31.2 Å². The van der Waals surface area contributed by atoms with Gasteiger partial charge in [-0.05, 0) is 43.2 Å². The third-order valence-corrected chi connectivity index (χ3v) is 3.44. The molecule has 21 heavy (non-hydrogen) atoms. The van der Waals surface area contributed by atoms with Crippen molar-refractivity contribution in [3.63, 3.8) is 0 Å². The fourth-order valence-corrected chi connectivity index (χ4v) is 2.10. The molecule has 0 saturated heterocycles. The molecule has 0 heterocycles. The maximum absolute atomic E-state index is 13.6. The Labute approximate surface area is 123 Å². The number of carbonyl (C=O) groups is 1. The quantitative estimate of drug-likeness (QED) is 0.756. The number of carbonyl (C=O) groups excluding carboxylic acids is 1. The minimum absolute atomic E-state index is 0.162. The topological polar surface area (TPSA) is 81.1 Å². The summed E-state index contributed by atoms with van der Waals surface area (Å²) >= 11 is 0. The highest BCUT2D eigenvalue weighted by atomic mass is 19.1. The molecule has 0 spiro atoms. The van der Waals surface area contributed by atoms with Gasteiger partial charge < -0.3 is 16.8 Å². The average Bonchev–Trinajstić information content (AvgIpc) is 2.43. The Kier molecular flexibility index (Phi) is 4.12. The van der Waals surface area contributed by atoms with E-state index in [1.807, 2.05) is 13.0 Å². The molecule has 5 heteroatoms. The van der Waals surface area contributed by atoms with Crippen LogP contribution in [0.15, 0.2) is 36.4 Å². The van der Waals surface area contributed by atoms with Crippen LogP contribution in [0, 0.1) is 12.7 Å². The first-order valence-electron chi connectivity index (χ1n) is 6.61. The maximum Gasteiger partial charge on any atom is 0.250 e. The summed E-state index contributed by atoms with van der Waals surface area (Å²) in [6.45, 7) is 3.60. The van der Waals surface area contributed by atoms with Crippen molar-refractivity contribution < 1.29 is 9.18 Å². The summed E-state index contributed by atoms with van der Waals surface area (Å²) in [4.78, 5) is 11.3. The van der Waals surface area contributed by atoms with E-state index in [0.717, 1.165) is 5.56 Å². The number of anilines is 2. The molecule has 0 aromatic heterocycles. The summed E-state index contributed by atoms with van der Waals surface area (Å²) in [5, 5.41) is 3.17. The second-order valence-electron chi connectivity index (χ2n) is 5.01. The van der Waals surface area contributed by atoms with Crippen molar-refractivity contribution in [2.24, 2.45) is 5.73 Å². The number of amides is 1. The zero-order chi connectivity index (χ0) is 15.6. The molecule has 0 aliphatic carbocycles. The Bertz CT molecular complexity index is 685. The number of nitrogens with one attached hydrogen (secondary N) is 1. The zero-order valence-corrected chi connectivity index (χ0v) is 12.0. The highest BCUT2D eigenvalue weighted by molar-refractivity contribution is 6.00. The molecule has 110 valence electrons. The molecule has 0 fully saturated rings. The number of hydrogen-bond donors (Lipinski definition) is 3. The Morgan fingerprint density at radius 2 is 2.00 bits per heavy atom. The van der Waals surface area contributed by atoms with Crippen LogP contribution in [0.25, 0.3) is 0 Å². The number of nitrogens with two attached hydrogens (primary N) is 2. The minimum Gasteiger partial charge on any atom is -0.396 e. The van der Waals surface area contributed by atoms with Gasteiger partial charge in [0.15, 0.2) is 0 Å². The highest BCUT2D eigenvalue weighted by Gasteiger charge is 2.13. The van der Waals surface area contributed by atoms with Gasteiger partial charge in [0.25, 0.3) is 5.91 Å². The number of nitrogen functional groups attached to an aromatic ring is 1. The molecule has 5 N–H and O–H groups in total. The van der Waals surface area contributed by atoms with Crippen molar-refractivity contribution in [2.75, 3.05) is 11.1 Å². The van der Waals surface area contributed by atoms with Crippen LogP contribution in [0.2, 0.25) is 0 Å². The van der Waals surface area contributed by atoms with E-state index in [-0.39, 0.29) is 17.4 Å². The van der Waals surface area contributed by atoms with Crippen LogP contribution in [-0.2, 0) is 0 Å². The van der Waals surface area contributed by atoms with Crippen molar-refractivity contribution in [1.82, 2.24) is 0 Å². The Balaban J connectivity index is 2.27. The van der Waals surface area contributed by atoms with Crippen LogP contribution in [0.4, 0.5) is 15.8 Å². The van der Waals surface area contributed by atoms with Crippen molar-refractivity contribution in [3.8, 4) is 0 Å². The monoisotopic (exact) mass is 287 g/mol. The van der Waals surface area contributed by atoms with Gasteiger partial charge in [0.05, 0.1) is 16.9 Å². The zero-order valence-electron chi connectivity index (χ0n) is 12.0. The van der Waals surface area contributed by atoms with Crippen molar-refractivity contribution in [1.29, 1.82) is 0 Å². The summed E-state index contributed by atoms with van der Waals surface area (Å²) in [5.74, 6) is -0.829. The molecule has 2 rings (SSSR count). The molecule has 0 saturated carbocycles. The summed E-state index contributed by atoms with van der Waals surface area (Å²) < 4.78 is 13.6. The number of benzene rings is 2. The van der Waals surface area contributed by atoms with E-state index in [0.29, 0.717) is 16.9 Å². The lowest BCUT2D eigenvalue weighted by molar-refractivity contribution is 0.100. The number of primary amides is 1. The van der Waals surface area contributed by atoms with E-state index < -0.39 is 5.91 Å². The number of para-hydroxylation sites is 1. The van der Waals surface area contributed by atoms with E-state index >= 15 is 0 Å². The second-order valence-corrected chi connectivity index (χ2v) is 5.01. The van der Waals surface area contributed by atoms with Gasteiger partial charge in [-0.15, -0.1) is 0 Å². The molecule has 0 radical (unpaired) electrons. The third-order valence-electron chi connectivity index (χ3n) is 3.44. The standard InChI is InChI=1S/C16H18FN3O/c1-9-6-7-11(8-13(9)17)10(2)20-14-5-3-4-12(15(14)18)16(19)21/h3-8,10,20H,18H2,1-2H3,(H2,19,21). The molecule has 2 aromatic carbocycles. The SMILES string of the molecule is Cc1ccc(C(C)Nc2cccc(C(N)=O)c2N)cc1F. The van der Waals surface area contributed by atoms with Gasteiger partial charge in [-0.25, -0.2) is 4.39 Å². The average molecular weight is 287 g/mol. The Hall–Kier alpha value is -2.56. The Morgan fingerprint density at radius 1 is 1.29 bits per heavy atom. The van der Waals surface area contributed by atoms with Crippen LogP contribution in [-0.4, -0.2) is 5.91 Å². The van der Waals surface area contributed by atoms with Crippen LogP contribution in [0.3, 0.4) is 0 Å². The predicted octanol–water partition coefficient (Wildman–Crippen LogP) is 2.99. The van der Waals surface area contributed by atoms with Gasteiger partial charge in [-0.1, -0.05) is 18.2 Å². The first kappa shape index (κ1) is 14.8. The van der Waals surface area contributed by atoms with Crippen molar-refractivity contribution in [2.45, 2.75) is 19.9 Å². The van der Waals surface area contributed by atoms with Crippen LogP contribution < -0.4 is 16.8 Å². The van der Waals surface area contributed by atoms with Gasteiger partial charge >= 0.3 is 0 Å². The van der Waals surface area contributed by atoms with Crippen LogP contribution in [0.5, 0.6) is 0 Å². The molecule has 4 nitrogen and oxygen atoms in total. The van der Waals surface area contributed by atoms with Gasteiger partial charge in [-0.3, -0.25) is 4.79 Å². The molecular weight excluding hydrogens is 269 g/mol. The minimum atomic E-state index is -0.579. The summed E-state index contributed by atoms with van der Waals surface area (Å²) in [5.41, 5.74) is 13.7. The largest absolute Gasteiger partial charge is 0.396 e. The van der Waals surface area contributed by atoms with E-state index in [4.69, 9.17) is 11.5 Å². The van der Waals surface area contributed by atoms with Gasteiger partial charge in [-0.2, -0.15) is 0 Å². The van der Waals surface area contributed by atoms with Crippen LogP contribution in [0.1, 0.15) is 34.5 Å². The first-order chi connectivity index (χ1) is 9.90. The number of halogens is 1. The van der Waals surface area contributed by atoms with E-state index in [2.05, 4.69) is 5.32 Å². The molecule has 0 bridgehead atoms. The van der Waals surface area contributed by atoms with E-state index in [9.17, 15) is 9.18 Å². The van der Waals surface area contributed by atoms with Crippen molar-refractivity contribution >= 4 is 17.3 Å². The lowest BCUT2D eigenvalue weighted by Gasteiger charge is -2.18. The number of rotatable bonds is 4. The van der Waals surface area contributed by atoms with Crippen LogP contribution >= 0.6 is 0 Å². The lowest BCUT2D eigenvalue weighted by atomic mass is 10.0. The van der Waals surface area contributed by atoms with E-state index in [1.165, 1.54) is 6.07 Å². The smallest absolute Gasteiger partial charge is 0.250 e. The predicted molar refractivity (Wildman–Crippen MR) is 82.5 cm³/mol. The lowest BCUT2D eigenvalue weighted by Crippen LogP contribution is -2.16. The fourth-order valence-electron chi connectivity index (χ4n) is 2.10. The van der Waals surface area contributed by atoms with Gasteiger partial charge in [0.1, 0.15) is 5.82 Å². The second kappa shape index (κ2) is 5.83. The molecule has 1 atom stereocenters. The fraction of sp³-hybridized carbons (Fsp3) is 0.188. The summed E-state index contributed by atoms with van der Waals surface area (Å²) in [7, 11) is 0. The van der Waals surface area contributed by atoms with Gasteiger partial charge in [0, 0.05) is 6.04 Å². The van der Waals surface area contributed by atoms with Crippen molar-refractivity contribution in [3.05, 3.63) is 58.9 Å². The third kappa shape index (κ3) is 3.13. The Morgan fingerprint density at radius 3 is 2.62 bits per heavy atom. The maximum atomic E-state index is 13.6. The van der Waals surface area contributed by atoms with Gasteiger partial charge in [0.2, 0.25) is 0 Å². The summed E-state index contributed by atoms with van der Waals surface area (Å²) in [6, 6.07) is 9.92.